The SMILES string of the molecule is Cn1c(C2CCN(CC3CCN(c4ccc(C5CCCN(c6ccc(Cl)c(C(=N)C#N)c6N)C5)cc4)CC3)CC2)cc2cc(F)c(N3CCC(=O)NC3=O)cc21. The van der Waals surface area contributed by atoms with E-state index in [9.17, 15) is 14.9 Å². The summed E-state index contributed by atoms with van der Waals surface area (Å²) < 4.78 is 17.4. The first-order valence-electron chi connectivity index (χ1n) is 19.9. The van der Waals surface area contributed by atoms with E-state index in [0.717, 1.165) is 88.1 Å². The van der Waals surface area contributed by atoms with Crippen molar-refractivity contribution >= 4 is 62.9 Å². The monoisotopic (exact) mass is 777 g/mol. The summed E-state index contributed by atoms with van der Waals surface area (Å²) in [5.74, 6) is 0.636. The van der Waals surface area contributed by atoms with Crippen LogP contribution in [0.5, 0.6) is 0 Å². The molecule has 0 bridgehead atoms. The van der Waals surface area contributed by atoms with Crippen molar-refractivity contribution in [3.8, 4) is 6.07 Å². The van der Waals surface area contributed by atoms with Gasteiger partial charge in [0.1, 0.15) is 17.6 Å². The Kier molecular flexibility index (Phi) is 10.7. The smallest absolute Gasteiger partial charge is 0.328 e. The number of amides is 3. The number of nitriles is 1. The van der Waals surface area contributed by atoms with Gasteiger partial charge < -0.3 is 25.0 Å². The molecular weight excluding hydrogens is 729 g/mol. The van der Waals surface area contributed by atoms with Gasteiger partial charge in [0.05, 0.1) is 33.2 Å². The van der Waals surface area contributed by atoms with Gasteiger partial charge >= 0.3 is 6.03 Å². The Morgan fingerprint density at radius 3 is 2.39 bits per heavy atom. The lowest BCUT2D eigenvalue weighted by atomic mass is 9.89. The topological polar surface area (TPSA) is 138 Å². The molecule has 11 nitrogen and oxygen atoms in total. The molecule has 4 aliphatic rings. The van der Waals surface area contributed by atoms with Gasteiger partial charge in [0.15, 0.2) is 0 Å². The standard InChI is InChI=1S/C43H49ClFN9O2/c1-50-37(22-31-21-34(45)39(23-38(31)50)54-20-14-40(55)49-43(54)56)29-12-16-51(17-13-29)25-27-10-18-52(19-11-27)32-6-4-28(5-7-32)30-3-2-15-53(26-30)36-9-8-33(44)41(42(36)48)35(47)24-46/h4-9,21-23,27,29-30,47H,2-3,10-20,25-26,48H2,1H3,(H,49,55,56). The van der Waals surface area contributed by atoms with E-state index in [1.54, 1.807) is 12.1 Å². The molecule has 0 saturated carbocycles. The van der Waals surface area contributed by atoms with Gasteiger partial charge in [-0.1, -0.05) is 23.7 Å². The molecule has 13 heteroatoms. The molecule has 292 valence electrons. The van der Waals surface area contributed by atoms with E-state index in [4.69, 9.17) is 22.7 Å². The molecule has 4 aliphatic heterocycles. The van der Waals surface area contributed by atoms with E-state index in [1.807, 2.05) is 19.2 Å². The third-order valence-corrected chi connectivity index (χ3v) is 13.0. The number of benzene rings is 3. The molecule has 1 unspecified atom stereocenters. The van der Waals surface area contributed by atoms with E-state index < -0.39 is 11.8 Å². The zero-order valence-electron chi connectivity index (χ0n) is 31.9. The number of nitrogens with two attached hydrogens (primary N) is 1. The summed E-state index contributed by atoms with van der Waals surface area (Å²) in [7, 11) is 2.03. The summed E-state index contributed by atoms with van der Waals surface area (Å²) in [6.07, 6.45) is 6.74. The number of aryl methyl sites for hydroxylation is 1. The van der Waals surface area contributed by atoms with Crippen molar-refractivity contribution in [3.05, 3.63) is 82.3 Å². The van der Waals surface area contributed by atoms with Gasteiger partial charge in [0.2, 0.25) is 5.91 Å². The summed E-state index contributed by atoms with van der Waals surface area (Å²) in [6, 6.07) is 19.4. The first kappa shape index (κ1) is 37.8. The number of imide groups is 1. The van der Waals surface area contributed by atoms with Gasteiger partial charge in [0.25, 0.3) is 0 Å². The molecule has 1 aromatic heterocycles. The van der Waals surface area contributed by atoms with Crippen molar-refractivity contribution in [2.24, 2.45) is 13.0 Å². The molecule has 4 aromatic rings. The molecule has 4 fully saturated rings. The average Bonchev–Trinajstić information content (AvgIpc) is 3.52. The van der Waals surface area contributed by atoms with E-state index in [-0.39, 0.29) is 30.3 Å². The lowest BCUT2D eigenvalue weighted by molar-refractivity contribution is -0.120. The molecule has 0 radical (unpaired) electrons. The number of anilines is 4. The average molecular weight is 778 g/mol. The van der Waals surface area contributed by atoms with Crippen LogP contribution >= 0.6 is 11.6 Å². The van der Waals surface area contributed by atoms with Crippen molar-refractivity contribution in [3.63, 3.8) is 0 Å². The minimum Gasteiger partial charge on any atom is -0.396 e. The number of halogens is 2. The third-order valence-electron chi connectivity index (χ3n) is 12.7. The summed E-state index contributed by atoms with van der Waals surface area (Å²) in [4.78, 5) is 32.8. The van der Waals surface area contributed by atoms with Gasteiger partial charge in [-0.25, -0.2) is 9.18 Å². The Hall–Kier alpha value is -5.12. The number of fused-ring (bicyclic) bond motifs is 1. The number of piperidine rings is 3. The van der Waals surface area contributed by atoms with Crippen LogP contribution in [-0.2, 0) is 11.8 Å². The lowest BCUT2D eigenvalue weighted by Crippen LogP contribution is -2.49. The molecule has 4 N–H and O–H groups in total. The third kappa shape index (κ3) is 7.42. The number of aromatic nitrogens is 1. The van der Waals surface area contributed by atoms with Gasteiger partial charge in [-0.15, -0.1) is 0 Å². The fourth-order valence-corrected chi connectivity index (χ4v) is 9.76. The Balaban J connectivity index is 0.825. The molecule has 56 heavy (non-hydrogen) atoms. The van der Waals surface area contributed by atoms with Crippen LogP contribution in [0.3, 0.4) is 0 Å². The molecule has 0 aliphatic carbocycles. The number of carbonyl (C=O) groups is 2. The highest BCUT2D eigenvalue weighted by atomic mass is 35.5. The molecular formula is C43H49ClFN9O2. The van der Waals surface area contributed by atoms with Crippen molar-refractivity contribution in [2.45, 2.75) is 56.8 Å². The predicted octanol–water partition coefficient (Wildman–Crippen LogP) is 7.37. The van der Waals surface area contributed by atoms with Gasteiger partial charge in [-0.2, -0.15) is 5.26 Å². The molecule has 1 atom stereocenters. The maximum Gasteiger partial charge on any atom is 0.328 e. The minimum atomic E-state index is -0.579. The van der Waals surface area contributed by atoms with Crippen LogP contribution in [0.1, 0.15) is 73.6 Å². The highest BCUT2D eigenvalue weighted by molar-refractivity contribution is 6.36. The second kappa shape index (κ2) is 15.8. The number of nitrogens with zero attached hydrogens (tertiary/aromatic N) is 6. The van der Waals surface area contributed by atoms with E-state index in [2.05, 4.69) is 54.9 Å². The highest BCUT2D eigenvalue weighted by Crippen LogP contribution is 2.38. The zero-order valence-corrected chi connectivity index (χ0v) is 32.6. The first-order chi connectivity index (χ1) is 27.1. The molecule has 5 heterocycles. The summed E-state index contributed by atoms with van der Waals surface area (Å²) >= 11 is 6.32. The maximum atomic E-state index is 15.2. The molecule has 4 saturated heterocycles. The second-order valence-corrected chi connectivity index (χ2v) is 16.4. The molecule has 0 spiro atoms. The largest absolute Gasteiger partial charge is 0.396 e. The van der Waals surface area contributed by atoms with Crippen LogP contribution < -0.4 is 25.8 Å². The zero-order chi connectivity index (χ0) is 39.1. The van der Waals surface area contributed by atoms with Gasteiger partial charge in [-0.3, -0.25) is 20.4 Å². The van der Waals surface area contributed by atoms with Crippen LogP contribution in [0.2, 0.25) is 5.02 Å². The molecule has 3 aromatic carbocycles. The number of urea groups is 1. The van der Waals surface area contributed by atoms with Crippen LogP contribution in [0.25, 0.3) is 10.9 Å². The Morgan fingerprint density at radius 1 is 0.929 bits per heavy atom. The fraction of sp³-hybridized carbons (Fsp3) is 0.442. The number of likely N-dealkylation sites (tertiary alicyclic amines) is 1. The number of nitrogen functional groups attached to an aromatic ring is 1. The van der Waals surface area contributed by atoms with Crippen LogP contribution in [0.4, 0.5) is 31.9 Å². The summed E-state index contributed by atoms with van der Waals surface area (Å²) in [6.45, 7) is 7.18. The van der Waals surface area contributed by atoms with Gasteiger partial charge in [-0.05, 0) is 106 Å². The molecule has 8 rings (SSSR count). The van der Waals surface area contributed by atoms with Crippen LogP contribution in [-0.4, -0.2) is 79.5 Å². The summed E-state index contributed by atoms with van der Waals surface area (Å²) in [5, 5.41) is 20.8. The van der Waals surface area contributed by atoms with Crippen molar-refractivity contribution in [1.82, 2.24) is 14.8 Å². The number of hydrogen-bond donors (Lipinski definition) is 3. The number of nitrogens with one attached hydrogen (secondary N) is 2. The first-order valence-corrected chi connectivity index (χ1v) is 20.2. The van der Waals surface area contributed by atoms with Gasteiger partial charge in [0, 0.05) is 81.3 Å². The lowest BCUT2D eigenvalue weighted by Gasteiger charge is -2.38. The summed E-state index contributed by atoms with van der Waals surface area (Å²) in [5.41, 5.74) is 12.7. The molecule has 3 amide bonds. The van der Waals surface area contributed by atoms with Crippen molar-refractivity contribution in [1.29, 1.82) is 10.7 Å². The Bertz CT molecular complexity index is 2200. The number of rotatable bonds is 8. The fourth-order valence-electron chi connectivity index (χ4n) is 9.50. The second-order valence-electron chi connectivity index (χ2n) is 16.0. The van der Waals surface area contributed by atoms with Crippen LogP contribution in [0, 0.1) is 28.5 Å². The Morgan fingerprint density at radius 2 is 1.68 bits per heavy atom. The maximum absolute atomic E-state index is 15.2. The number of hydrogen-bond acceptors (Lipinski definition) is 8. The highest BCUT2D eigenvalue weighted by Gasteiger charge is 2.30. The number of carbonyl (C=O) groups excluding carboxylic acids is 2. The van der Waals surface area contributed by atoms with Crippen LogP contribution in [0.15, 0.2) is 54.6 Å². The van der Waals surface area contributed by atoms with Crippen molar-refractivity contribution in [2.75, 3.05) is 72.8 Å². The quantitative estimate of drug-likeness (QED) is 0.126. The normalized spacial score (nSPS) is 20.4. The van der Waals surface area contributed by atoms with E-state index in [0.29, 0.717) is 34.0 Å². The van der Waals surface area contributed by atoms with E-state index in [1.165, 1.54) is 40.8 Å². The van der Waals surface area contributed by atoms with Crippen molar-refractivity contribution < 1.29 is 14.0 Å². The minimum absolute atomic E-state index is 0.154. The Labute approximate surface area is 332 Å². The van der Waals surface area contributed by atoms with E-state index >= 15 is 4.39 Å². The predicted molar refractivity (Wildman–Crippen MR) is 221 cm³/mol.